The molecule has 0 saturated carbocycles. The number of nitrogens with one attached hydrogen (secondary N) is 1. The minimum atomic E-state index is -2.23. The molecule has 0 aromatic carbocycles. The van der Waals surface area contributed by atoms with Crippen molar-refractivity contribution in [1.29, 1.82) is 0 Å². The second kappa shape index (κ2) is 19.6. The molecule has 8 atom stereocenters. The molecule has 1 saturated heterocycles. The average Bonchev–Trinajstić information content (AvgIpc) is 3.44. The number of carbonyl (C=O) groups is 5. The van der Waals surface area contributed by atoms with Crippen LogP contribution in [0.5, 0.6) is 0 Å². The van der Waals surface area contributed by atoms with Crippen LogP contribution in [0.4, 0.5) is 4.79 Å². The Bertz CT molecular complexity index is 1880. The lowest BCUT2D eigenvalue weighted by atomic mass is 9.53. The number of ketones is 1. The Balaban J connectivity index is 1.90. The Morgan fingerprint density at radius 2 is 1.75 bits per heavy atom. The Kier molecular flexibility index (Phi) is 15.8. The van der Waals surface area contributed by atoms with Crippen molar-refractivity contribution in [3.8, 4) is 0 Å². The van der Waals surface area contributed by atoms with E-state index in [0.717, 1.165) is 0 Å². The van der Waals surface area contributed by atoms with Crippen molar-refractivity contribution < 1.29 is 67.3 Å². The summed E-state index contributed by atoms with van der Waals surface area (Å²) in [4.78, 5) is 68.7. The minimum Gasteiger partial charge on any atom is -0.493 e. The van der Waals surface area contributed by atoms with Gasteiger partial charge in [-0.3, -0.25) is 14.9 Å². The molecule has 2 unspecified atom stereocenters. The molecule has 61 heavy (non-hydrogen) atoms. The number of aliphatic hydroxyl groups excluding tert-OH is 1. The van der Waals surface area contributed by atoms with E-state index in [0.29, 0.717) is 12.8 Å². The Morgan fingerprint density at radius 1 is 1.07 bits per heavy atom. The van der Waals surface area contributed by atoms with Gasteiger partial charge in [0.2, 0.25) is 5.78 Å². The van der Waals surface area contributed by atoms with Gasteiger partial charge in [-0.1, -0.05) is 58.1 Å². The molecule has 15 nitrogen and oxygen atoms in total. The maximum Gasteiger partial charge on any atom is 0.411 e. The highest BCUT2D eigenvalue weighted by Gasteiger charge is 2.70. The van der Waals surface area contributed by atoms with Crippen LogP contribution in [-0.4, -0.2) is 109 Å². The van der Waals surface area contributed by atoms with Gasteiger partial charge >= 0.3 is 24.0 Å². The maximum absolute atomic E-state index is 15.0. The molecular formula is C46H65NO14. The fraction of sp³-hybridized carbons (Fsp3) is 0.630. The lowest BCUT2D eigenvalue weighted by molar-refractivity contribution is -0.297. The van der Waals surface area contributed by atoms with Crippen molar-refractivity contribution in [2.75, 3.05) is 27.4 Å². The molecule has 1 amide bonds. The van der Waals surface area contributed by atoms with E-state index < -0.39 is 94.7 Å². The quantitative estimate of drug-likeness (QED) is 0.135. The number of methoxy groups -OCH3 is 2. The van der Waals surface area contributed by atoms with Gasteiger partial charge in [0.05, 0.1) is 25.2 Å². The summed E-state index contributed by atoms with van der Waals surface area (Å²) < 4.78 is 41.3. The topological polar surface area (TPSA) is 202 Å². The van der Waals surface area contributed by atoms with Crippen LogP contribution in [-0.2, 0) is 52.3 Å². The van der Waals surface area contributed by atoms with Gasteiger partial charge in [0.1, 0.15) is 29.5 Å². The third-order valence-corrected chi connectivity index (χ3v) is 11.9. The lowest BCUT2D eigenvalue weighted by Gasteiger charge is -2.60. The van der Waals surface area contributed by atoms with Gasteiger partial charge in [-0.25, -0.2) is 14.4 Å². The number of rotatable bonds is 15. The van der Waals surface area contributed by atoms with Crippen molar-refractivity contribution in [1.82, 2.24) is 5.32 Å². The molecule has 1 aliphatic heterocycles. The number of amides is 1. The molecule has 1 fully saturated rings. The number of esters is 3. The number of carbonyl (C=O) groups excluding carboxylic acids is 5. The first-order valence-corrected chi connectivity index (χ1v) is 20.8. The fourth-order valence-corrected chi connectivity index (χ4v) is 8.93. The predicted molar refractivity (Wildman–Crippen MR) is 223 cm³/mol. The number of alkyl carbamates (subject to hydrolysis) is 1. The zero-order chi connectivity index (χ0) is 45.7. The average molecular weight is 856 g/mol. The van der Waals surface area contributed by atoms with Crippen LogP contribution < -0.4 is 5.32 Å². The number of hydrogen-bond acceptors (Lipinski definition) is 14. The molecule has 338 valence electrons. The van der Waals surface area contributed by atoms with E-state index in [1.54, 1.807) is 72.8 Å². The first-order chi connectivity index (χ1) is 28.4. The summed E-state index contributed by atoms with van der Waals surface area (Å²) in [6.45, 7) is 16.7. The summed E-state index contributed by atoms with van der Waals surface area (Å²) in [5.74, 6) is -5.43. The van der Waals surface area contributed by atoms with Crippen LogP contribution in [0.1, 0.15) is 94.9 Å². The molecule has 0 aromatic rings. The van der Waals surface area contributed by atoms with Crippen LogP contribution in [0, 0.1) is 23.2 Å². The van der Waals surface area contributed by atoms with Gasteiger partial charge in [0.25, 0.3) is 0 Å². The van der Waals surface area contributed by atoms with Gasteiger partial charge in [-0.2, -0.15) is 0 Å². The van der Waals surface area contributed by atoms with E-state index in [4.69, 9.17) is 33.2 Å². The zero-order valence-electron chi connectivity index (χ0n) is 37.6. The van der Waals surface area contributed by atoms with Crippen molar-refractivity contribution >= 4 is 29.8 Å². The largest absolute Gasteiger partial charge is 0.493 e. The molecule has 4 rings (SSSR count). The van der Waals surface area contributed by atoms with Gasteiger partial charge in [-0.05, 0) is 70.6 Å². The van der Waals surface area contributed by atoms with E-state index in [-0.39, 0.29) is 53.6 Å². The number of aliphatic hydroxyl groups is 2. The van der Waals surface area contributed by atoms with Crippen molar-refractivity contribution in [2.45, 2.75) is 136 Å². The zero-order valence-corrected chi connectivity index (χ0v) is 37.6. The molecule has 4 aliphatic rings. The summed E-state index contributed by atoms with van der Waals surface area (Å²) >= 11 is 0. The molecule has 15 heteroatoms. The monoisotopic (exact) mass is 855 g/mol. The summed E-state index contributed by atoms with van der Waals surface area (Å²) in [7, 11) is 2.82. The molecule has 3 N–H and O–H groups in total. The summed E-state index contributed by atoms with van der Waals surface area (Å²) in [5.41, 5.74) is -5.41. The predicted octanol–water partition coefficient (Wildman–Crippen LogP) is 5.65. The summed E-state index contributed by atoms with van der Waals surface area (Å²) in [6.07, 6.45) is 5.73. The van der Waals surface area contributed by atoms with Crippen LogP contribution in [0.15, 0.2) is 70.7 Å². The Hall–Kier alpha value is -4.57. The number of ether oxygens (including phenoxy) is 7. The van der Waals surface area contributed by atoms with Crippen molar-refractivity contribution in [3.63, 3.8) is 0 Å². The number of allylic oxidation sites excluding steroid dienone is 5. The van der Waals surface area contributed by atoms with E-state index >= 15 is 0 Å². The highest BCUT2D eigenvalue weighted by atomic mass is 16.6. The Morgan fingerprint density at radius 3 is 2.33 bits per heavy atom. The highest BCUT2D eigenvalue weighted by Crippen LogP contribution is 2.58. The number of fused-ring (bicyclic) bond motifs is 2. The summed E-state index contributed by atoms with van der Waals surface area (Å²) in [6, 6.07) is 0. The molecule has 0 aromatic heterocycles. The van der Waals surface area contributed by atoms with Gasteiger partial charge < -0.3 is 43.4 Å². The van der Waals surface area contributed by atoms with E-state index in [9.17, 15) is 34.2 Å². The Labute approximate surface area is 359 Å². The van der Waals surface area contributed by atoms with Crippen molar-refractivity contribution in [3.05, 3.63) is 70.7 Å². The number of Topliss-reactive ketones (excluding diaryl/α,β-unsaturated/α-hetero) is 1. The normalized spacial score (nSPS) is 29.7. The lowest BCUT2D eigenvalue weighted by Crippen LogP contribution is -2.73. The minimum absolute atomic E-state index is 0.000523. The first kappa shape index (κ1) is 49.1. The van der Waals surface area contributed by atoms with E-state index in [2.05, 4.69) is 5.32 Å². The SMILES string of the molecule is COCC[C@H]1OC[C@@]1(OC(C)=O)C1/C(C)=C(/OC)C(=O)C2=C(C)[C@@H](OC(=O)[C@H](O)C(/C=C/NC(=O)OC(C)(C)C)CC(C)C)C[C@@](O)([C@H]1OC(=O)C1=CC=CCC=C1)C2(C)C. The van der Waals surface area contributed by atoms with Gasteiger partial charge in [-0.15, -0.1) is 0 Å². The highest BCUT2D eigenvalue weighted by molar-refractivity contribution is 6.09. The molecular weight excluding hydrogens is 790 g/mol. The van der Waals surface area contributed by atoms with Crippen LogP contribution in [0.25, 0.3) is 0 Å². The van der Waals surface area contributed by atoms with Crippen LogP contribution >= 0.6 is 0 Å². The van der Waals surface area contributed by atoms with E-state index in [1.165, 1.54) is 33.4 Å². The second-order valence-corrected chi connectivity index (χ2v) is 18.1. The molecule has 0 radical (unpaired) electrons. The van der Waals surface area contributed by atoms with Gasteiger partial charge in [0.15, 0.2) is 17.5 Å². The van der Waals surface area contributed by atoms with Gasteiger partial charge in [0, 0.05) is 56.6 Å². The van der Waals surface area contributed by atoms with Crippen LogP contribution in [0.3, 0.4) is 0 Å². The number of hydrogen-bond donors (Lipinski definition) is 3. The molecule has 1 heterocycles. The van der Waals surface area contributed by atoms with Crippen molar-refractivity contribution in [2.24, 2.45) is 23.2 Å². The third-order valence-electron chi connectivity index (χ3n) is 11.9. The first-order valence-electron chi connectivity index (χ1n) is 20.8. The maximum atomic E-state index is 15.0. The second-order valence-electron chi connectivity index (χ2n) is 18.1. The van der Waals surface area contributed by atoms with E-state index in [1.807, 2.05) is 19.9 Å². The fourth-order valence-electron chi connectivity index (χ4n) is 8.93. The standard InChI is InChI=1S/C46H65NO14/c1-26(2)23-31(19-21-47-42(53)61-43(6,7)8)36(49)41(52)58-32-24-46(54)39(59-40(51)30-17-15-13-14-16-18-30)35(45(60-29(5)48)25-57-33(45)20-22-55-11)28(4)38(56-12)37(50)34(27(32)3)44(46,9)10/h13,15-19,21,26,31-33,35-36,39,49,54H,14,20,22-25H2,1-12H3,(H,47,53)/b21-19+,38-28+/t31?,32-,33+,35?,36+,39-,45-,46+/m0/s1. The molecule has 0 spiro atoms. The summed E-state index contributed by atoms with van der Waals surface area (Å²) in [5, 5.41) is 27.6. The molecule has 3 aliphatic carbocycles. The third kappa shape index (κ3) is 10.6. The molecule has 2 bridgehead atoms. The van der Waals surface area contributed by atoms with Crippen LogP contribution in [0.2, 0.25) is 0 Å². The smallest absolute Gasteiger partial charge is 0.411 e.